The highest BCUT2D eigenvalue weighted by molar-refractivity contribution is 6.42. The van der Waals surface area contributed by atoms with Gasteiger partial charge in [-0.15, -0.1) is 0 Å². The number of halogens is 2. The molecule has 0 spiro atoms. The third-order valence-electron chi connectivity index (χ3n) is 3.37. The Labute approximate surface area is 155 Å². The Bertz CT molecular complexity index is 870. The van der Waals surface area contributed by atoms with E-state index in [2.05, 4.69) is 20.6 Å². The van der Waals surface area contributed by atoms with Crippen LogP contribution >= 0.6 is 23.2 Å². The van der Waals surface area contributed by atoms with Crippen LogP contribution in [-0.2, 0) is 6.54 Å². The number of carbonyl (C=O) groups is 1. The van der Waals surface area contributed by atoms with Gasteiger partial charge in [0.25, 0.3) is 5.91 Å². The lowest BCUT2D eigenvalue weighted by atomic mass is 10.2. The fourth-order valence-corrected chi connectivity index (χ4v) is 2.40. The van der Waals surface area contributed by atoms with Gasteiger partial charge in [0.2, 0.25) is 0 Å². The molecule has 3 aromatic rings. The lowest BCUT2D eigenvalue weighted by molar-refractivity contribution is 0.0945. The van der Waals surface area contributed by atoms with Gasteiger partial charge in [-0.1, -0.05) is 53.5 Å². The molecule has 7 heteroatoms. The SMILES string of the molecule is O=C(NCc1ccccc1)c1cnc(Nc2ccc(Cl)c(Cl)c2)cn1. The second-order valence-corrected chi connectivity index (χ2v) is 6.02. The third-order valence-corrected chi connectivity index (χ3v) is 4.11. The number of carbonyl (C=O) groups excluding carboxylic acids is 1. The van der Waals surface area contributed by atoms with E-state index in [1.807, 2.05) is 30.3 Å². The highest BCUT2D eigenvalue weighted by Crippen LogP contribution is 2.26. The minimum atomic E-state index is -0.280. The topological polar surface area (TPSA) is 66.9 Å². The van der Waals surface area contributed by atoms with Crippen molar-refractivity contribution in [2.24, 2.45) is 0 Å². The first-order valence-corrected chi connectivity index (χ1v) is 8.23. The van der Waals surface area contributed by atoms with Gasteiger partial charge in [0.05, 0.1) is 22.4 Å². The van der Waals surface area contributed by atoms with E-state index in [0.29, 0.717) is 22.4 Å². The van der Waals surface area contributed by atoms with E-state index in [1.54, 1.807) is 18.2 Å². The number of hydrogen-bond donors (Lipinski definition) is 2. The maximum Gasteiger partial charge on any atom is 0.271 e. The normalized spacial score (nSPS) is 10.3. The Morgan fingerprint density at radius 1 is 0.960 bits per heavy atom. The summed E-state index contributed by atoms with van der Waals surface area (Å²) in [5, 5.41) is 6.77. The van der Waals surface area contributed by atoms with Gasteiger partial charge in [0.15, 0.2) is 0 Å². The highest BCUT2D eigenvalue weighted by atomic mass is 35.5. The van der Waals surface area contributed by atoms with Crippen molar-refractivity contribution in [1.82, 2.24) is 15.3 Å². The number of nitrogens with one attached hydrogen (secondary N) is 2. The summed E-state index contributed by atoms with van der Waals surface area (Å²) in [4.78, 5) is 20.4. The van der Waals surface area contributed by atoms with Crippen LogP contribution in [-0.4, -0.2) is 15.9 Å². The summed E-state index contributed by atoms with van der Waals surface area (Å²) >= 11 is 11.9. The molecule has 0 fully saturated rings. The Balaban J connectivity index is 1.61. The van der Waals surface area contributed by atoms with Gasteiger partial charge in [0.1, 0.15) is 11.5 Å². The maximum atomic E-state index is 12.1. The molecule has 0 aliphatic carbocycles. The van der Waals surface area contributed by atoms with E-state index < -0.39 is 0 Å². The monoisotopic (exact) mass is 372 g/mol. The number of rotatable bonds is 5. The first-order valence-electron chi connectivity index (χ1n) is 7.48. The predicted octanol–water partition coefficient (Wildman–Crippen LogP) is 4.46. The second-order valence-electron chi connectivity index (χ2n) is 5.21. The smallest absolute Gasteiger partial charge is 0.271 e. The predicted molar refractivity (Wildman–Crippen MR) is 99.4 cm³/mol. The van der Waals surface area contributed by atoms with Crippen molar-refractivity contribution in [3.8, 4) is 0 Å². The van der Waals surface area contributed by atoms with Gasteiger partial charge in [-0.3, -0.25) is 4.79 Å². The largest absolute Gasteiger partial charge is 0.347 e. The van der Waals surface area contributed by atoms with Gasteiger partial charge in [0, 0.05) is 12.2 Å². The van der Waals surface area contributed by atoms with Crippen LogP contribution < -0.4 is 10.6 Å². The van der Waals surface area contributed by atoms with Crippen LogP contribution in [0.3, 0.4) is 0 Å². The average molecular weight is 373 g/mol. The zero-order valence-corrected chi connectivity index (χ0v) is 14.6. The molecule has 1 amide bonds. The van der Waals surface area contributed by atoms with Crippen molar-refractivity contribution in [3.05, 3.63) is 82.2 Å². The van der Waals surface area contributed by atoms with Crippen LogP contribution in [0.4, 0.5) is 11.5 Å². The minimum Gasteiger partial charge on any atom is -0.347 e. The average Bonchev–Trinajstić information content (AvgIpc) is 2.64. The molecule has 25 heavy (non-hydrogen) atoms. The van der Waals surface area contributed by atoms with Crippen molar-refractivity contribution < 1.29 is 4.79 Å². The number of aromatic nitrogens is 2. The van der Waals surface area contributed by atoms with Crippen molar-refractivity contribution >= 4 is 40.6 Å². The Morgan fingerprint density at radius 3 is 2.44 bits per heavy atom. The van der Waals surface area contributed by atoms with Gasteiger partial charge < -0.3 is 10.6 Å². The van der Waals surface area contributed by atoms with E-state index in [0.717, 1.165) is 11.3 Å². The zero-order chi connectivity index (χ0) is 17.6. The van der Waals surface area contributed by atoms with Crippen molar-refractivity contribution in [2.75, 3.05) is 5.32 Å². The molecule has 0 saturated heterocycles. The van der Waals surface area contributed by atoms with Gasteiger partial charge >= 0.3 is 0 Å². The molecule has 0 saturated carbocycles. The Morgan fingerprint density at radius 2 is 1.76 bits per heavy atom. The fourth-order valence-electron chi connectivity index (χ4n) is 2.10. The molecule has 3 rings (SSSR count). The summed E-state index contributed by atoms with van der Waals surface area (Å²) in [6.45, 7) is 0.435. The van der Waals surface area contributed by atoms with Crippen LogP contribution in [0.1, 0.15) is 16.1 Å². The molecule has 5 nitrogen and oxygen atoms in total. The van der Waals surface area contributed by atoms with Gasteiger partial charge in [-0.25, -0.2) is 9.97 Å². The molecule has 0 bridgehead atoms. The molecule has 2 aromatic carbocycles. The first-order chi connectivity index (χ1) is 12.1. The molecule has 0 unspecified atom stereocenters. The maximum absolute atomic E-state index is 12.1. The third kappa shape index (κ3) is 4.68. The van der Waals surface area contributed by atoms with Crippen molar-refractivity contribution in [3.63, 3.8) is 0 Å². The number of amides is 1. The lowest BCUT2D eigenvalue weighted by Gasteiger charge is -2.08. The number of nitrogens with zero attached hydrogens (tertiary/aromatic N) is 2. The highest BCUT2D eigenvalue weighted by Gasteiger charge is 2.08. The molecule has 1 aromatic heterocycles. The quantitative estimate of drug-likeness (QED) is 0.693. The number of anilines is 2. The van der Waals surface area contributed by atoms with Gasteiger partial charge in [-0.05, 0) is 23.8 Å². The molecule has 0 aliphatic rings. The Kier molecular flexibility index (Phi) is 5.48. The molecule has 0 atom stereocenters. The standard InChI is InChI=1S/C18H14Cl2N4O/c19-14-7-6-13(8-15(14)20)24-17-11-21-16(10-22-17)18(25)23-9-12-4-2-1-3-5-12/h1-8,10-11H,9H2,(H,22,24)(H,23,25). The molecule has 0 radical (unpaired) electrons. The summed E-state index contributed by atoms with van der Waals surface area (Å²) in [6, 6.07) is 14.8. The van der Waals surface area contributed by atoms with Crippen LogP contribution in [0.5, 0.6) is 0 Å². The van der Waals surface area contributed by atoms with Crippen molar-refractivity contribution in [2.45, 2.75) is 6.54 Å². The summed E-state index contributed by atoms with van der Waals surface area (Å²) in [7, 11) is 0. The molecule has 1 heterocycles. The summed E-state index contributed by atoms with van der Waals surface area (Å²) in [6.07, 6.45) is 2.90. The fraction of sp³-hybridized carbons (Fsp3) is 0.0556. The van der Waals surface area contributed by atoms with E-state index in [-0.39, 0.29) is 11.6 Å². The summed E-state index contributed by atoms with van der Waals surface area (Å²) in [5.74, 6) is 0.218. The first kappa shape index (κ1) is 17.2. The van der Waals surface area contributed by atoms with Crippen LogP contribution in [0.25, 0.3) is 0 Å². The van der Waals surface area contributed by atoms with Gasteiger partial charge in [-0.2, -0.15) is 0 Å². The van der Waals surface area contributed by atoms with Crippen LogP contribution in [0.2, 0.25) is 10.0 Å². The van der Waals surface area contributed by atoms with Crippen LogP contribution in [0.15, 0.2) is 60.9 Å². The molecule has 126 valence electrons. The molecular formula is C18H14Cl2N4O. The summed E-state index contributed by atoms with van der Waals surface area (Å²) < 4.78 is 0. The zero-order valence-electron chi connectivity index (χ0n) is 13.0. The number of benzene rings is 2. The van der Waals surface area contributed by atoms with E-state index >= 15 is 0 Å². The molecular weight excluding hydrogens is 359 g/mol. The van der Waals surface area contributed by atoms with Crippen molar-refractivity contribution in [1.29, 1.82) is 0 Å². The van der Waals surface area contributed by atoms with E-state index in [4.69, 9.17) is 23.2 Å². The lowest BCUT2D eigenvalue weighted by Crippen LogP contribution is -2.24. The summed E-state index contributed by atoms with van der Waals surface area (Å²) in [5.41, 5.74) is 1.99. The molecule has 2 N–H and O–H groups in total. The molecule has 0 aliphatic heterocycles. The Hall–Kier alpha value is -2.63. The minimum absolute atomic E-state index is 0.246. The van der Waals surface area contributed by atoms with E-state index in [1.165, 1.54) is 12.4 Å². The van der Waals surface area contributed by atoms with E-state index in [9.17, 15) is 4.79 Å². The number of hydrogen-bond acceptors (Lipinski definition) is 4. The second kappa shape index (κ2) is 7.96. The van der Waals surface area contributed by atoms with Crippen LogP contribution in [0, 0.1) is 0 Å².